The average molecular weight is 395 g/mol. The quantitative estimate of drug-likeness (QED) is 0.817. The SMILES string of the molecule is Cc1ccc(-c2cc(O)c3c(c2)CN(C(=O)C2(N)CCC2)CCO3)s1.Cl. The molecule has 1 aliphatic carbocycles. The number of nitrogens with two attached hydrogens (primary N) is 1. The minimum atomic E-state index is -0.713. The minimum absolute atomic E-state index is 0. The van der Waals surface area contributed by atoms with Gasteiger partial charge in [-0.25, -0.2) is 0 Å². The van der Waals surface area contributed by atoms with Crippen LogP contribution in [0.1, 0.15) is 29.7 Å². The van der Waals surface area contributed by atoms with Crippen LogP contribution in [0.2, 0.25) is 0 Å². The lowest BCUT2D eigenvalue weighted by Gasteiger charge is -2.40. The molecule has 2 aliphatic rings. The van der Waals surface area contributed by atoms with Crippen LogP contribution in [0.4, 0.5) is 0 Å². The van der Waals surface area contributed by atoms with E-state index in [0.717, 1.165) is 35.3 Å². The van der Waals surface area contributed by atoms with Crippen LogP contribution in [0.25, 0.3) is 10.4 Å². The monoisotopic (exact) mass is 394 g/mol. The highest BCUT2D eigenvalue weighted by molar-refractivity contribution is 7.15. The molecule has 2 heterocycles. The highest BCUT2D eigenvalue weighted by atomic mass is 35.5. The van der Waals surface area contributed by atoms with E-state index in [-0.39, 0.29) is 24.1 Å². The van der Waals surface area contributed by atoms with E-state index in [9.17, 15) is 9.90 Å². The number of rotatable bonds is 2. The largest absolute Gasteiger partial charge is 0.504 e. The van der Waals surface area contributed by atoms with Gasteiger partial charge in [0.05, 0.1) is 12.1 Å². The maximum absolute atomic E-state index is 12.8. The van der Waals surface area contributed by atoms with E-state index >= 15 is 0 Å². The van der Waals surface area contributed by atoms with Gasteiger partial charge in [0, 0.05) is 21.9 Å². The number of phenols is 1. The zero-order valence-electron chi connectivity index (χ0n) is 14.7. The van der Waals surface area contributed by atoms with Crippen LogP contribution < -0.4 is 10.5 Å². The van der Waals surface area contributed by atoms with Crippen molar-refractivity contribution in [2.75, 3.05) is 13.2 Å². The number of thiophene rings is 1. The van der Waals surface area contributed by atoms with E-state index < -0.39 is 5.54 Å². The number of ether oxygens (including phenoxy) is 1. The van der Waals surface area contributed by atoms with Gasteiger partial charge in [0.25, 0.3) is 0 Å². The summed E-state index contributed by atoms with van der Waals surface area (Å²) in [6.07, 6.45) is 2.50. The van der Waals surface area contributed by atoms with Gasteiger partial charge in [0.1, 0.15) is 6.61 Å². The van der Waals surface area contributed by atoms with Crippen LogP contribution >= 0.6 is 23.7 Å². The van der Waals surface area contributed by atoms with E-state index in [1.807, 2.05) is 12.1 Å². The van der Waals surface area contributed by atoms with Crippen molar-refractivity contribution in [3.63, 3.8) is 0 Å². The van der Waals surface area contributed by atoms with Gasteiger partial charge >= 0.3 is 0 Å². The molecular formula is C19H23ClN2O3S. The van der Waals surface area contributed by atoms with E-state index in [1.165, 1.54) is 4.88 Å². The molecule has 4 rings (SSSR count). The average Bonchev–Trinajstić information content (AvgIpc) is 2.87. The summed E-state index contributed by atoms with van der Waals surface area (Å²) >= 11 is 1.68. The molecule has 1 aromatic heterocycles. The van der Waals surface area contributed by atoms with E-state index in [1.54, 1.807) is 22.3 Å². The Morgan fingerprint density at radius 2 is 2.12 bits per heavy atom. The number of carbonyl (C=O) groups excluding carboxylic acids is 1. The number of hydrogen-bond donors (Lipinski definition) is 2. The third kappa shape index (κ3) is 3.29. The van der Waals surface area contributed by atoms with Gasteiger partial charge < -0.3 is 20.5 Å². The molecule has 2 aromatic rings. The standard InChI is InChI=1S/C19H22N2O3S.ClH/c1-12-3-4-16(25-12)13-9-14-11-21(18(23)19(20)5-2-6-19)7-8-24-17(14)15(22)10-13;/h3-4,9-10,22H,2,5-8,11,20H2,1H3;1H. The first kappa shape index (κ1) is 19.0. The maximum atomic E-state index is 12.8. The Kier molecular flexibility index (Phi) is 5.19. The van der Waals surface area contributed by atoms with Gasteiger partial charge in [-0.3, -0.25) is 4.79 Å². The first-order valence-electron chi connectivity index (χ1n) is 8.60. The summed E-state index contributed by atoms with van der Waals surface area (Å²) < 4.78 is 5.74. The number of aromatic hydroxyl groups is 1. The summed E-state index contributed by atoms with van der Waals surface area (Å²) in [6.45, 7) is 3.32. The topological polar surface area (TPSA) is 75.8 Å². The molecule has 1 aromatic carbocycles. The second-order valence-electron chi connectivity index (χ2n) is 6.98. The Balaban J connectivity index is 0.00000196. The van der Waals surface area contributed by atoms with Crippen molar-refractivity contribution >= 4 is 29.7 Å². The molecule has 140 valence electrons. The zero-order chi connectivity index (χ0) is 17.6. The molecule has 0 atom stereocenters. The molecule has 0 spiro atoms. The molecule has 0 saturated heterocycles. The molecule has 0 bridgehead atoms. The summed E-state index contributed by atoms with van der Waals surface area (Å²) in [5.74, 6) is 0.595. The summed E-state index contributed by atoms with van der Waals surface area (Å²) in [7, 11) is 0. The van der Waals surface area contributed by atoms with Crippen molar-refractivity contribution in [2.45, 2.75) is 38.3 Å². The molecule has 5 nitrogen and oxygen atoms in total. The first-order valence-corrected chi connectivity index (χ1v) is 9.42. The van der Waals surface area contributed by atoms with Gasteiger partial charge in [-0.15, -0.1) is 23.7 Å². The molecule has 1 aliphatic heterocycles. The van der Waals surface area contributed by atoms with Crippen molar-refractivity contribution in [3.05, 3.63) is 34.7 Å². The summed E-state index contributed by atoms with van der Waals surface area (Å²) in [4.78, 5) is 16.9. The number of carbonyl (C=O) groups is 1. The molecule has 3 N–H and O–H groups in total. The third-order valence-corrected chi connectivity index (χ3v) is 6.15. The molecule has 26 heavy (non-hydrogen) atoms. The van der Waals surface area contributed by atoms with E-state index in [0.29, 0.717) is 25.4 Å². The van der Waals surface area contributed by atoms with Crippen molar-refractivity contribution in [1.82, 2.24) is 4.90 Å². The van der Waals surface area contributed by atoms with Crippen molar-refractivity contribution in [3.8, 4) is 21.9 Å². The van der Waals surface area contributed by atoms with Crippen LogP contribution in [0, 0.1) is 6.92 Å². The van der Waals surface area contributed by atoms with Crippen LogP contribution in [0.5, 0.6) is 11.5 Å². The first-order chi connectivity index (χ1) is 12.0. The second kappa shape index (κ2) is 7.10. The Bertz CT molecular complexity index is 832. The number of nitrogens with zero attached hydrogens (tertiary/aromatic N) is 1. The van der Waals surface area contributed by atoms with Gasteiger partial charge in [0.15, 0.2) is 11.5 Å². The number of amides is 1. The highest BCUT2D eigenvalue weighted by Crippen LogP contribution is 2.40. The molecule has 1 saturated carbocycles. The Morgan fingerprint density at radius 3 is 2.73 bits per heavy atom. The number of fused-ring (bicyclic) bond motifs is 1. The smallest absolute Gasteiger partial charge is 0.243 e. The van der Waals surface area contributed by atoms with Gasteiger partial charge in [-0.1, -0.05) is 0 Å². The lowest BCUT2D eigenvalue weighted by Crippen LogP contribution is -2.59. The Morgan fingerprint density at radius 1 is 1.35 bits per heavy atom. The van der Waals surface area contributed by atoms with Crippen LogP contribution in [-0.4, -0.2) is 34.6 Å². The normalized spacial score (nSPS) is 18.0. The molecule has 0 radical (unpaired) electrons. The lowest BCUT2D eigenvalue weighted by atomic mass is 9.76. The number of aryl methyl sites for hydroxylation is 1. The van der Waals surface area contributed by atoms with Crippen molar-refractivity contribution < 1.29 is 14.6 Å². The summed E-state index contributed by atoms with van der Waals surface area (Å²) in [6, 6.07) is 7.85. The number of hydrogen-bond acceptors (Lipinski definition) is 5. The Hall–Kier alpha value is -1.76. The molecule has 7 heteroatoms. The van der Waals surface area contributed by atoms with E-state index in [2.05, 4.69) is 13.0 Å². The fourth-order valence-electron chi connectivity index (χ4n) is 3.49. The molecule has 0 unspecified atom stereocenters. The highest BCUT2D eigenvalue weighted by Gasteiger charge is 2.43. The summed E-state index contributed by atoms with van der Waals surface area (Å²) in [5, 5.41) is 10.4. The Labute approximate surface area is 163 Å². The zero-order valence-corrected chi connectivity index (χ0v) is 16.3. The van der Waals surface area contributed by atoms with Gasteiger partial charge in [-0.05, 0) is 56.0 Å². The van der Waals surface area contributed by atoms with Crippen LogP contribution in [0.3, 0.4) is 0 Å². The predicted molar refractivity (Wildman–Crippen MR) is 105 cm³/mol. The molecular weight excluding hydrogens is 372 g/mol. The third-order valence-electron chi connectivity index (χ3n) is 5.10. The minimum Gasteiger partial charge on any atom is -0.504 e. The lowest BCUT2D eigenvalue weighted by molar-refractivity contribution is -0.140. The maximum Gasteiger partial charge on any atom is 0.243 e. The fourth-order valence-corrected chi connectivity index (χ4v) is 4.35. The second-order valence-corrected chi connectivity index (χ2v) is 8.27. The number of phenolic OH excluding ortho intramolecular Hbond substituents is 1. The number of benzene rings is 1. The summed E-state index contributed by atoms with van der Waals surface area (Å²) in [5.41, 5.74) is 7.28. The van der Waals surface area contributed by atoms with Crippen molar-refractivity contribution in [2.24, 2.45) is 5.73 Å². The fraction of sp³-hybridized carbons (Fsp3) is 0.421. The van der Waals surface area contributed by atoms with E-state index in [4.69, 9.17) is 10.5 Å². The van der Waals surface area contributed by atoms with Gasteiger partial charge in [0.2, 0.25) is 5.91 Å². The van der Waals surface area contributed by atoms with Gasteiger partial charge in [-0.2, -0.15) is 0 Å². The van der Waals surface area contributed by atoms with Crippen LogP contribution in [-0.2, 0) is 11.3 Å². The van der Waals surface area contributed by atoms with Crippen LogP contribution in [0.15, 0.2) is 24.3 Å². The predicted octanol–water partition coefficient (Wildman–Crippen LogP) is 3.45. The molecule has 1 amide bonds. The van der Waals surface area contributed by atoms with Crippen molar-refractivity contribution in [1.29, 1.82) is 0 Å². The number of halogens is 1. The molecule has 1 fully saturated rings.